The van der Waals surface area contributed by atoms with Gasteiger partial charge >= 0.3 is 18.1 Å². The van der Waals surface area contributed by atoms with E-state index in [0.29, 0.717) is 30.1 Å². The number of nitriles is 1. The van der Waals surface area contributed by atoms with Crippen LogP contribution in [0.4, 0.5) is 18.9 Å². The number of carbonyl (C=O) groups excluding carboxylic acids is 2. The van der Waals surface area contributed by atoms with Crippen molar-refractivity contribution in [3.8, 4) is 11.8 Å². The molecule has 0 aromatic heterocycles. The normalized spacial score (nSPS) is 19.8. The molecule has 2 atom stereocenters. The molecule has 12 heteroatoms. The van der Waals surface area contributed by atoms with Crippen LogP contribution in [0.3, 0.4) is 0 Å². The second kappa shape index (κ2) is 11.5. The zero-order valence-corrected chi connectivity index (χ0v) is 17.9. The summed E-state index contributed by atoms with van der Waals surface area (Å²) in [5.41, 5.74) is 1.14. The molecule has 2 aliphatic rings. The molecule has 2 unspecified atom stereocenters. The summed E-state index contributed by atoms with van der Waals surface area (Å²) in [5.74, 6) is -2.29. The summed E-state index contributed by atoms with van der Waals surface area (Å²) in [7, 11) is 1.42. The predicted octanol–water partition coefficient (Wildman–Crippen LogP) is 2.10. The Bertz CT molecular complexity index is 915. The number of rotatable bonds is 5. The van der Waals surface area contributed by atoms with Crippen LogP contribution in [0, 0.1) is 23.2 Å². The first-order chi connectivity index (χ1) is 15.6. The van der Waals surface area contributed by atoms with E-state index < -0.39 is 12.1 Å². The number of carboxylic acid groups (broad SMARTS) is 1. The second-order valence-electron chi connectivity index (χ2n) is 7.46. The van der Waals surface area contributed by atoms with Crippen LogP contribution in [-0.4, -0.2) is 62.5 Å². The number of nitrogens with one attached hydrogen (secondary N) is 1. The molecular formula is C21H24F3N3O6. The van der Waals surface area contributed by atoms with Crippen LogP contribution >= 0.6 is 0 Å². The van der Waals surface area contributed by atoms with Gasteiger partial charge < -0.3 is 24.8 Å². The Hall–Kier alpha value is -3.33. The van der Waals surface area contributed by atoms with Gasteiger partial charge in [0.05, 0.1) is 30.3 Å². The molecule has 0 spiro atoms. The van der Waals surface area contributed by atoms with Gasteiger partial charge in [-0.2, -0.15) is 18.4 Å². The average molecular weight is 471 g/mol. The quantitative estimate of drug-likeness (QED) is 0.625. The molecule has 1 aromatic rings. The van der Waals surface area contributed by atoms with Crippen LogP contribution in [0.1, 0.15) is 24.8 Å². The van der Waals surface area contributed by atoms with Gasteiger partial charge in [0.25, 0.3) is 5.91 Å². The zero-order valence-electron chi connectivity index (χ0n) is 17.9. The fraction of sp³-hybridized carbons (Fsp3) is 0.524. The minimum absolute atomic E-state index is 0.0109. The van der Waals surface area contributed by atoms with E-state index in [1.165, 1.54) is 7.11 Å². The van der Waals surface area contributed by atoms with E-state index in [0.717, 1.165) is 25.8 Å². The van der Waals surface area contributed by atoms with Crippen LogP contribution in [0.15, 0.2) is 18.2 Å². The minimum Gasteiger partial charge on any atom is -0.482 e. The fourth-order valence-electron chi connectivity index (χ4n) is 3.71. The maximum absolute atomic E-state index is 12.3. The van der Waals surface area contributed by atoms with Crippen molar-refractivity contribution in [1.82, 2.24) is 5.32 Å². The number of carbonyl (C=O) groups is 3. The monoisotopic (exact) mass is 471 g/mol. The van der Waals surface area contributed by atoms with Crippen LogP contribution < -0.4 is 15.0 Å². The fourth-order valence-corrected chi connectivity index (χ4v) is 3.71. The number of carboxylic acids is 1. The maximum atomic E-state index is 12.3. The Balaban J connectivity index is 0.000000479. The number of alkyl halides is 3. The molecule has 1 saturated heterocycles. The lowest BCUT2D eigenvalue weighted by Crippen LogP contribution is -2.42. The van der Waals surface area contributed by atoms with Crippen molar-refractivity contribution in [3.05, 3.63) is 23.8 Å². The number of ether oxygens (including phenoxy) is 2. The number of halogens is 3. The number of piperidine rings is 1. The standard InChI is InChI=1S/C19H23N3O4.C2HF3O2/c1-25-19(24)15-11-21-7-6-14(15)3-2-8-22-16-9-13(10-20)4-5-17(16)26-12-18(22)23;3-2(4,5)1(6)7/h4-5,9,14-15,21H,2-3,6-8,11-12H2,1H3;(H,6,7). The van der Waals surface area contributed by atoms with E-state index in [2.05, 4.69) is 11.4 Å². The molecule has 1 fully saturated rings. The van der Waals surface area contributed by atoms with Crippen molar-refractivity contribution in [2.75, 3.05) is 38.3 Å². The Kier molecular flexibility index (Phi) is 9.04. The van der Waals surface area contributed by atoms with Crippen LogP contribution in [0.25, 0.3) is 0 Å². The van der Waals surface area contributed by atoms with Crippen molar-refractivity contribution >= 4 is 23.5 Å². The molecular weight excluding hydrogens is 447 g/mol. The van der Waals surface area contributed by atoms with Crippen LogP contribution in [0.2, 0.25) is 0 Å². The molecule has 33 heavy (non-hydrogen) atoms. The highest BCUT2D eigenvalue weighted by Gasteiger charge is 2.38. The summed E-state index contributed by atoms with van der Waals surface area (Å²) in [6.45, 7) is 2.09. The van der Waals surface area contributed by atoms with Gasteiger partial charge in [-0.25, -0.2) is 4.79 Å². The molecule has 9 nitrogen and oxygen atoms in total. The largest absolute Gasteiger partial charge is 0.490 e. The van der Waals surface area contributed by atoms with E-state index in [-0.39, 0.29) is 30.3 Å². The van der Waals surface area contributed by atoms with Crippen molar-refractivity contribution in [2.45, 2.75) is 25.4 Å². The number of esters is 1. The highest BCUT2D eigenvalue weighted by atomic mass is 19.4. The summed E-state index contributed by atoms with van der Waals surface area (Å²) >= 11 is 0. The molecule has 0 aliphatic carbocycles. The van der Waals surface area contributed by atoms with E-state index in [9.17, 15) is 22.8 Å². The molecule has 0 radical (unpaired) electrons. The molecule has 2 heterocycles. The summed E-state index contributed by atoms with van der Waals surface area (Å²) in [5, 5.41) is 19.5. The lowest BCUT2D eigenvalue weighted by atomic mass is 9.83. The summed E-state index contributed by atoms with van der Waals surface area (Å²) in [4.78, 5) is 34.8. The number of amides is 1. The average Bonchev–Trinajstić information content (AvgIpc) is 2.79. The number of methoxy groups -OCH3 is 1. The van der Waals surface area contributed by atoms with Gasteiger partial charge in [0.1, 0.15) is 5.75 Å². The number of anilines is 1. The molecule has 0 saturated carbocycles. The summed E-state index contributed by atoms with van der Waals surface area (Å²) < 4.78 is 42.1. The number of hydrogen-bond donors (Lipinski definition) is 2. The zero-order chi connectivity index (χ0) is 24.6. The summed E-state index contributed by atoms with van der Waals surface area (Å²) in [6, 6.07) is 7.19. The van der Waals surface area contributed by atoms with Gasteiger partial charge in [-0.3, -0.25) is 9.59 Å². The van der Waals surface area contributed by atoms with Gasteiger partial charge in [-0.05, 0) is 49.9 Å². The molecule has 1 aromatic carbocycles. The van der Waals surface area contributed by atoms with Gasteiger partial charge in [0.15, 0.2) is 6.61 Å². The Morgan fingerprint density at radius 2 is 2.09 bits per heavy atom. The van der Waals surface area contributed by atoms with E-state index in [4.69, 9.17) is 24.6 Å². The highest BCUT2D eigenvalue weighted by molar-refractivity contribution is 5.98. The lowest BCUT2D eigenvalue weighted by molar-refractivity contribution is -0.192. The van der Waals surface area contributed by atoms with E-state index in [1.54, 1.807) is 23.1 Å². The third-order valence-corrected chi connectivity index (χ3v) is 5.36. The van der Waals surface area contributed by atoms with Crippen LogP contribution in [0.5, 0.6) is 5.75 Å². The third-order valence-electron chi connectivity index (χ3n) is 5.36. The number of aliphatic carboxylic acids is 1. The van der Waals surface area contributed by atoms with Gasteiger partial charge in [-0.1, -0.05) is 0 Å². The molecule has 2 N–H and O–H groups in total. The Labute approximate surface area is 188 Å². The number of fused-ring (bicyclic) bond motifs is 1. The van der Waals surface area contributed by atoms with E-state index >= 15 is 0 Å². The first-order valence-corrected chi connectivity index (χ1v) is 10.1. The molecule has 2 aliphatic heterocycles. The number of benzene rings is 1. The Morgan fingerprint density at radius 1 is 1.39 bits per heavy atom. The van der Waals surface area contributed by atoms with Crippen molar-refractivity contribution in [3.63, 3.8) is 0 Å². The SMILES string of the molecule is COC(=O)C1CNCCC1CCCN1C(=O)COc2ccc(C#N)cc21.O=C(O)C(F)(F)F. The summed E-state index contributed by atoms with van der Waals surface area (Å²) in [6.07, 6.45) is -2.54. The van der Waals surface area contributed by atoms with Crippen molar-refractivity contribution in [2.24, 2.45) is 11.8 Å². The highest BCUT2D eigenvalue weighted by Crippen LogP contribution is 2.33. The van der Waals surface area contributed by atoms with Crippen LogP contribution in [-0.2, 0) is 19.1 Å². The predicted molar refractivity (Wildman–Crippen MR) is 108 cm³/mol. The maximum Gasteiger partial charge on any atom is 0.490 e. The molecule has 1 amide bonds. The van der Waals surface area contributed by atoms with Gasteiger partial charge in [0, 0.05) is 13.1 Å². The second-order valence-corrected chi connectivity index (χ2v) is 7.46. The van der Waals surface area contributed by atoms with Crippen molar-refractivity contribution in [1.29, 1.82) is 5.26 Å². The topological polar surface area (TPSA) is 129 Å². The third kappa shape index (κ3) is 7.08. The van der Waals surface area contributed by atoms with Gasteiger partial charge in [0.2, 0.25) is 0 Å². The first-order valence-electron chi connectivity index (χ1n) is 10.1. The van der Waals surface area contributed by atoms with E-state index in [1.807, 2.05) is 0 Å². The number of nitrogens with zero attached hydrogens (tertiary/aromatic N) is 2. The lowest BCUT2D eigenvalue weighted by Gasteiger charge is -2.32. The smallest absolute Gasteiger partial charge is 0.482 e. The van der Waals surface area contributed by atoms with Gasteiger partial charge in [-0.15, -0.1) is 0 Å². The molecule has 180 valence electrons. The van der Waals surface area contributed by atoms with Crippen molar-refractivity contribution < 1.29 is 42.1 Å². The first kappa shape index (κ1) is 25.9. The minimum atomic E-state index is -5.08. The number of hydrogen-bond acceptors (Lipinski definition) is 7. The Morgan fingerprint density at radius 3 is 2.70 bits per heavy atom. The molecule has 3 rings (SSSR count). The molecule has 0 bridgehead atoms.